The topological polar surface area (TPSA) is 55.7 Å². The first-order valence-electron chi connectivity index (χ1n) is 9.94. The van der Waals surface area contributed by atoms with E-state index in [9.17, 15) is 17.6 Å². The predicted molar refractivity (Wildman–Crippen MR) is 121 cm³/mol. The van der Waals surface area contributed by atoms with Gasteiger partial charge >= 0.3 is 6.36 Å². The normalized spacial score (nSPS) is 12.2. The maximum absolute atomic E-state index is 14.5. The van der Waals surface area contributed by atoms with Gasteiger partial charge in [-0.05, 0) is 36.8 Å². The fourth-order valence-electron chi connectivity index (χ4n) is 3.94. The first-order valence-corrected chi connectivity index (χ1v) is 9.94. The Morgan fingerprint density at radius 2 is 1.76 bits per heavy atom. The van der Waals surface area contributed by atoms with Crippen molar-refractivity contribution in [2.75, 3.05) is 0 Å². The minimum atomic E-state index is -4.93. The quantitative estimate of drug-likeness (QED) is 0.331. The molecule has 0 aliphatic carbocycles. The van der Waals surface area contributed by atoms with Crippen LogP contribution in [0.1, 0.15) is 32.0 Å². The molecule has 2 heterocycles. The summed E-state index contributed by atoms with van der Waals surface area (Å²) < 4.78 is 58.7. The summed E-state index contributed by atoms with van der Waals surface area (Å²) in [6.45, 7) is 8.20. The minimum Gasteiger partial charge on any atom is -0.405 e. The van der Waals surface area contributed by atoms with Crippen LogP contribution in [0.5, 0.6) is 5.75 Å². The van der Waals surface area contributed by atoms with Gasteiger partial charge in [-0.25, -0.2) is 9.37 Å². The van der Waals surface area contributed by atoms with Gasteiger partial charge in [0.25, 0.3) is 0 Å². The number of rotatable bonds is 3. The molecule has 0 fully saturated rings. The molecule has 33 heavy (non-hydrogen) atoms. The Kier molecular flexibility index (Phi) is 6.23. The molecule has 0 saturated heterocycles. The van der Waals surface area contributed by atoms with Gasteiger partial charge in [-0.2, -0.15) is 5.10 Å². The van der Waals surface area contributed by atoms with Crippen molar-refractivity contribution in [3.63, 3.8) is 0 Å². The van der Waals surface area contributed by atoms with Crippen LogP contribution >= 0.6 is 12.4 Å². The second-order valence-electron chi connectivity index (χ2n) is 8.67. The van der Waals surface area contributed by atoms with Crippen molar-refractivity contribution < 1.29 is 22.3 Å². The van der Waals surface area contributed by atoms with Gasteiger partial charge in [-0.15, -0.1) is 25.6 Å². The highest BCUT2D eigenvalue weighted by Crippen LogP contribution is 2.37. The molecule has 0 spiro atoms. The van der Waals surface area contributed by atoms with Gasteiger partial charge in [0.05, 0.1) is 22.3 Å². The number of halogens is 5. The van der Waals surface area contributed by atoms with Crippen LogP contribution in [-0.4, -0.2) is 26.1 Å². The second-order valence-corrected chi connectivity index (χ2v) is 8.67. The Morgan fingerprint density at radius 1 is 1.06 bits per heavy atom. The van der Waals surface area contributed by atoms with Gasteiger partial charge in [-0.1, -0.05) is 32.9 Å². The lowest BCUT2D eigenvalue weighted by Gasteiger charge is -2.16. The highest BCUT2D eigenvalue weighted by molar-refractivity contribution is 5.86. The number of aromatic amines is 1. The monoisotopic (exact) mass is 482 g/mol. The molecule has 0 aliphatic rings. The molecule has 0 bridgehead atoms. The zero-order valence-corrected chi connectivity index (χ0v) is 19.5. The van der Waals surface area contributed by atoms with Crippen molar-refractivity contribution in [2.24, 2.45) is 7.05 Å². The maximum atomic E-state index is 14.5. The van der Waals surface area contributed by atoms with E-state index in [2.05, 4.69) is 40.6 Å². The molecule has 176 valence electrons. The molecular formula is C23H23ClF4N4O. The molecule has 0 atom stereocenters. The Labute approximate surface area is 194 Å². The number of H-pyrrole nitrogens is 1. The summed E-state index contributed by atoms with van der Waals surface area (Å²) in [6, 6.07) is 8.06. The Hall–Kier alpha value is -3.07. The van der Waals surface area contributed by atoms with Gasteiger partial charge in [-0.3, -0.25) is 4.68 Å². The maximum Gasteiger partial charge on any atom is 0.573 e. The summed E-state index contributed by atoms with van der Waals surface area (Å²) in [6.07, 6.45) is -4.93. The first kappa shape index (κ1) is 24.6. The third-order valence-corrected chi connectivity index (χ3v) is 5.19. The van der Waals surface area contributed by atoms with Gasteiger partial charge in [0.15, 0.2) is 5.82 Å². The van der Waals surface area contributed by atoms with Crippen molar-refractivity contribution in [2.45, 2.75) is 39.5 Å². The van der Waals surface area contributed by atoms with Crippen LogP contribution in [0.15, 0.2) is 36.4 Å². The number of ether oxygens (including phenoxy) is 1. The minimum absolute atomic E-state index is 0. The SMILES string of the molecule is Cc1c(C(C)(C)C)nn(C)c1-c1nc2ccc(-c3c(F)cccc3OC(F)(F)F)cc2[nH]1.Cl. The molecule has 4 rings (SSSR count). The Balaban J connectivity index is 0.00000306. The Morgan fingerprint density at radius 3 is 2.36 bits per heavy atom. The molecule has 1 N–H and O–H groups in total. The summed E-state index contributed by atoms with van der Waals surface area (Å²) in [5.41, 5.74) is 3.69. The first-order chi connectivity index (χ1) is 14.8. The number of aryl methyl sites for hydroxylation is 1. The molecule has 2 aromatic carbocycles. The van der Waals surface area contributed by atoms with Gasteiger partial charge in [0.2, 0.25) is 0 Å². The van der Waals surface area contributed by atoms with Gasteiger partial charge in [0.1, 0.15) is 17.3 Å². The predicted octanol–water partition coefficient (Wildman–Crippen LogP) is 6.70. The standard InChI is InChI=1S/C23H22F4N4O.ClH/c1-12-19(31(5)30-20(12)22(2,3)4)21-28-15-10-9-13(11-16(15)29-21)18-14(24)7-6-8-17(18)32-23(25,26)27;/h6-11H,1-5H3,(H,28,29);1H. The zero-order valence-electron chi connectivity index (χ0n) is 18.6. The molecule has 4 aromatic rings. The van der Waals surface area contributed by atoms with E-state index in [4.69, 9.17) is 0 Å². The van der Waals surface area contributed by atoms with Crippen molar-refractivity contribution in [1.29, 1.82) is 0 Å². The number of imidazole rings is 1. The number of hydrogen-bond donors (Lipinski definition) is 1. The van der Waals surface area contributed by atoms with E-state index in [-0.39, 0.29) is 28.9 Å². The lowest BCUT2D eigenvalue weighted by molar-refractivity contribution is -0.274. The van der Waals surface area contributed by atoms with Crippen LogP contribution in [0.4, 0.5) is 17.6 Å². The Bertz CT molecular complexity index is 1320. The molecular weight excluding hydrogens is 460 g/mol. The zero-order chi connectivity index (χ0) is 23.4. The molecule has 0 radical (unpaired) electrons. The molecule has 0 unspecified atom stereocenters. The van der Waals surface area contributed by atoms with E-state index in [0.29, 0.717) is 16.9 Å². The average Bonchev–Trinajstić information content (AvgIpc) is 3.19. The molecule has 10 heteroatoms. The van der Waals surface area contributed by atoms with E-state index in [1.54, 1.807) is 16.8 Å². The van der Waals surface area contributed by atoms with E-state index in [1.165, 1.54) is 12.1 Å². The number of benzene rings is 2. The van der Waals surface area contributed by atoms with E-state index < -0.39 is 17.9 Å². The van der Waals surface area contributed by atoms with Crippen LogP contribution in [0.2, 0.25) is 0 Å². The van der Waals surface area contributed by atoms with E-state index >= 15 is 0 Å². The number of alkyl halides is 3. The van der Waals surface area contributed by atoms with Crippen LogP contribution in [0.3, 0.4) is 0 Å². The number of nitrogens with zero attached hydrogens (tertiary/aromatic N) is 3. The molecule has 2 aromatic heterocycles. The number of fused-ring (bicyclic) bond motifs is 1. The van der Waals surface area contributed by atoms with Crippen LogP contribution in [-0.2, 0) is 12.5 Å². The van der Waals surface area contributed by atoms with Crippen molar-refractivity contribution in [3.8, 4) is 28.4 Å². The molecule has 0 amide bonds. The van der Waals surface area contributed by atoms with Crippen molar-refractivity contribution in [3.05, 3.63) is 53.5 Å². The number of aromatic nitrogens is 4. The molecule has 0 aliphatic heterocycles. The lowest BCUT2D eigenvalue weighted by Crippen LogP contribution is -2.17. The van der Waals surface area contributed by atoms with Crippen LogP contribution in [0.25, 0.3) is 33.7 Å². The van der Waals surface area contributed by atoms with Gasteiger partial charge in [0, 0.05) is 18.0 Å². The highest BCUT2D eigenvalue weighted by Gasteiger charge is 2.33. The summed E-state index contributed by atoms with van der Waals surface area (Å²) in [5.74, 6) is -0.850. The van der Waals surface area contributed by atoms with Crippen molar-refractivity contribution >= 4 is 23.4 Å². The smallest absolute Gasteiger partial charge is 0.405 e. The summed E-state index contributed by atoms with van der Waals surface area (Å²) in [4.78, 5) is 7.82. The average molecular weight is 483 g/mol. The third-order valence-electron chi connectivity index (χ3n) is 5.19. The third kappa shape index (κ3) is 4.68. The largest absolute Gasteiger partial charge is 0.573 e. The number of nitrogens with one attached hydrogen (secondary N) is 1. The fraction of sp³-hybridized carbons (Fsp3) is 0.304. The summed E-state index contributed by atoms with van der Waals surface area (Å²) >= 11 is 0. The van der Waals surface area contributed by atoms with E-state index in [1.807, 2.05) is 14.0 Å². The summed E-state index contributed by atoms with van der Waals surface area (Å²) in [5, 5.41) is 4.63. The second kappa shape index (κ2) is 8.37. The van der Waals surface area contributed by atoms with E-state index in [0.717, 1.165) is 29.1 Å². The fourth-order valence-corrected chi connectivity index (χ4v) is 3.94. The van der Waals surface area contributed by atoms with Crippen LogP contribution < -0.4 is 4.74 Å². The summed E-state index contributed by atoms with van der Waals surface area (Å²) in [7, 11) is 1.83. The van der Waals surface area contributed by atoms with Gasteiger partial charge < -0.3 is 9.72 Å². The lowest BCUT2D eigenvalue weighted by atomic mass is 9.89. The molecule has 5 nitrogen and oxygen atoms in total. The van der Waals surface area contributed by atoms with Crippen molar-refractivity contribution in [1.82, 2.24) is 19.7 Å². The van der Waals surface area contributed by atoms with Crippen LogP contribution in [0, 0.1) is 12.7 Å². The highest BCUT2D eigenvalue weighted by atomic mass is 35.5. The number of hydrogen-bond acceptors (Lipinski definition) is 3. The molecule has 0 saturated carbocycles.